The lowest BCUT2D eigenvalue weighted by Gasteiger charge is -2.37. The highest BCUT2D eigenvalue weighted by Gasteiger charge is 2.38. The molecule has 0 saturated carbocycles. The van der Waals surface area contributed by atoms with Gasteiger partial charge in [0.15, 0.2) is 0 Å². The average molecular weight is 290 g/mol. The zero-order valence-corrected chi connectivity index (χ0v) is 11.9. The molecule has 112 valence electrons. The van der Waals surface area contributed by atoms with E-state index in [1.54, 1.807) is 11.0 Å². The number of hydrogen-bond donors (Lipinski definition) is 1. The van der Waals surface area contributed by atoms with E-state index in [9.17, 15) is 14.7 Å². The summed E-state index contributed by atoms with van der Waals surface area (Å²) in [5, 5.41) is 9.47. The molecule has 6 heteroatoms. The van der Waals surface area contributed by atoms with Crippen LogP contribution in [0.15, 0.2) is 12.1 Å². The first kappa shape index (κ1) is 13.9. The maximum atomic E-state index is 12.7. The molecule has 2 aliphatic heterocycles. The predicted molar refractivity (Wildman–Crippen MR) is 73.8 cm³/mol. The van der Waals surface area contributed by atoms with E-state index in [4.69, 9.17) is 4.74 Å². The third-order valence-corrected chi connectivity index (χ3v) is 4.41. The van der Waals surface area contributed by atoms with Crippen LogP contribution in [0.5, 0.6) is 5.88 Å². The number of aromatic hydroxyl groups is 1. The largest absolute Gasteiger partial charge is 0.493 e. The van der Waals surface area contributed by atoms with Gasteiger partial charge in [0.1, 0.15) is 0 Å². The fraction of sp³-hybridized carbons (Fsp3) is 0.533. The molecule has 2 unspecified atom stereocenters. The van der Waals surface area contributed by atoms with Gasteiger partial charge in [0.05, 0.1) is 24.3 Å². The van der Waals surface area contributed by atoms with Gasteiger partial charge in [0.2, 0.25) is 5.88 Å². The van der Waals surface area contributed by atoms with Crippen molar-refractivity contribution in [1.29, 1.82) is 0 Å². The topological polar surface area (TPSA) is 79.7 Å². The van der Waals surface area contributed by atoms with Crippen molar-refractivity contribution in [2.45, 2.75) is 31.7 Å². The van der Waals surface area contributed by atoms with Crippen molar-refractivity contribution in [3.63, 3.8) is 0 Å². The van der Waals surface area contributed by atoms with Crippen LogP contribution in [-0.2, 0) is 16.0 Å². The first-order valence-electron chi connectivity index (χ1n) is 7.18. The lowest BCUT2D eigenvalue weighted by atomic mass is 9.91. The van der Waals surface area contributed by atoms with Gasteiger partial charge in [-0.3, -0.25) is 9.59 Å². The number of esters is 1. The molecule has 1 saturated heterocycles. The summed E-state index contributed by atoms with van der Waals surface area (Å²) in [6.45, 7) is 0.399. The van der Waals surface area contributed by atoms with E-state index in [1.807, 2.05) is 0 Å². The molecule has 1 N–H and O–H groups in total. The Labute approximate surface area is 122 Å². The van der Waals surface area contributed by atoms with Gasteiger partial charge in [-0.2, -0.15) is 0 Å². The highest BCUT2D eigenvalue weighted by atomic mass is 16.5. The second-order valence-electron chi connectivity index (χ2n) is 5.61. The Bertz CT molecular complexity index is 587. The summed E-state index contributed by atoms with van der Waals surface area (Å²) < 4.78 is 4.80. The summed E-state index contributed by atoms with van der Waals surface area (Å²) >= 11 is 0. The fourth-order valence-electron chi connectivity index (χ4n) is 3.27. The number of fused-ring (bicyclic) bond motifs is 2. The number of aryl methyl sites for hydroxylation is 1. The molecule has 3 rings (SSSR count). The molecule has 21 heavy (non-hydrogen) atoms. The molecule has 0 spiro atoms. The van der Waals surface area contributed by atoms with Gasteiger partial charge in [-0.1, -0.05) is 0 Å². The zero-order chi connectivity index (χ0) is 15.0. The van der Waals surface area contributed by atoms with Crippen molar-refractivity contribution in [2.24, 2.45) is 5.92 Å². The van der Waals surface area contributed by atoms with Crippen molar-refractivity contribution in [3.8, 4) is 5.88 Å². The van der Waals surface area contributed by atoms with Crippen molar-refractivity contribution >= 4 is 11.9 Å². The Morgan fingerprint density at radius 2 is 2.19 bits per heavy atom. The van der Waals surface area contributed by atoms with Crippen LogP contribution in [0.4, 0.5) is 0 Å². The number of ether oxygens (including phenoxy) is 1. The van der Waals surface area contributed by atoms with E-state index in [2.05, 4.69) is 4.98 Å². The summed E-state index contributed by atoms with van der Waals surface area (Å²) in [5.41, 5.74) is 1.17. The summed E-state index contributed by atoms with van der Waals surface area (Å²) in [6.07, 6.45) is 3.02. The molecular weight excluding hydrogens is 272 g/mol. The minimum absolute atomic E-state index is 0.0612. The summed E-state index contributed by atoms with van der Waals surface area (Å²) in [7, 11) is 1.38. The molecule has 0 aliphatic carbocycles. The van der Waals surface area contributed by atoms with Crippen molar-refractivity contribution in [2.75, 3.05) is 13.7 Å². The summed E-state index contributed by atoms with van der Waals surface area (Å²) in [5.74, 6) is -0.668. The van der Waals surface area contributed by atoms with Gasteiger partial charge in [0.25, 0.3) is 5.91 Å². The Morgan fingerprint density at radius 3 is 2.95 bits per heavy atom. The van der Waals surface area contributed by atoms with Crippen LogP contribution >= 0.6 is 0 Å². The molecule has 6 nitrogen and oxygen atoms in total. The maximum Gasteiger partial charge on any atom is 0.310 e. The fourth-order valence-corrected chi connectivity index (χ4v) is 3.27. The number of carbonyl (C=O) groups excluding carboxylic acids is 2. The Kier molecular flexibility index (Phi) is 3.53. The van der Waals surface area contributed by atoms with E-state index in [-0.39, 0.29) is 29.7 Å². The van der Waals surface area contributed by atoms with Crippen LogP contribution in [0.2, 0.25) is 0 Å². The first-order valence-corrected chi connectivity index (χ1v) is 7.18. The third kappa shape index (κ3) is 2.46. The van der Waals surface area contributed by atoms with Gasteiger partial charge >= 0.3 is 5.97 Å². The summed E-state index contributed by atoms with van der Waals surface area (Å²) in [6, 6.07) is 3.18. The molecule has 2 aliphatic rings. The van der Waals surface area contributed by atoms with Crippen LogP contribution in [0.1, 0.15) is 35.3 Å². The first-order chi connectivity index (χ1) is 10.1. The van der Waals surface area contributed by atoms with Gasteiger partial charge < -0.3 is 14.7 Å². The number of amides is 1. The molecule has 1 amide bonds. The highest BCUT2D eigenvalue weighted by Crippen LogP contribution is 2.31. The number of pyridine rings is 1. The van der Waals surface area contributed by atoms with Crippen molar-refractivity contribution in [3.05, 3.63) is 23.4 Å². The quantitative estimate of drug-likeness (QED) is 0.784. The zero-order valence-electron chi connectivity index (χ0n) is 11.9. The number of carbonyl (C=O) groups is 2. The van der Waals surface area contributed by atoms with E-state index in [1.165, 1.54) is 13.2 Å². The van der Waals surface area contributed by atoms with Crippen LogP contribution in [0.3, 0.4) is 0 Å². The summed E-state index contributed by atoms with van der Waals surface area (Å²) in [4.78, 5) is 30.3. The molecular formula is C15H18N2O4. The van der Waals surface area contributed by atoms with Crippen LogP contribution in [0, 0.1) is 5.92 Å². The maximum absolute atomic E-state index is 12.7. The third-order valence-electron chi connectivity index (χ3n) is 4.41. The number of rotatable bonds is 1. The molecule has 1 aromatic heterocycles. The van der Waals surface area contributed by atoms with Gasteiger partial charge in [-0.15, -0.1) is 0 Å². The second kappa shape index (κ2) is 5.35. The SMILES string of the molecule is COC(=O)C1CCC2CCc3nc(O)ccc3C(=O)N2C1. The van der Waals surface area contributed by atoms with Crippen molar-refractivity contribution in [1.82, 2.24) is 9.88 Å². The Morgan fingerprint density at radius 1 is 1.38 bits per heavy atom. The number of aromatic nitrogens is 1. The number of nitrogens with zero attached hydrogens (tertiary/aromatic N) is 2. The molecule has 2 atom stereocenters. The van der Waals surface area contributed by atoms with E-state index < -0.39 is 0 Å². The number of methoxy groups -OCH3 is 1. The predicted octanol–water partition coefficient (Wildman–Crippen LogP) is 1.13. The molecule has 3 heterocycles. The standard InChI is InChI=1S/C15H18N2O4/c1-21-15(20)9-2-3-10-4-6-12-11(5-7-13(18)16-12)14(19)17(10)8-9/h5,7,9-10H,2-4,6,8H2,1H3,(H,16,18). The van der Waals surface area contributed by atoms with Gasteiger partial charge in [-0.05, 0) is 31.7 Å². The lowest BCUT2D eigenvalue weighted by molar-refractivity contribution is -0.147. The molecule has 0 aromatic carbocycles. The molecule has 1 fully saturated rings. The van der Waals surface area contributed by atoms with Gasteiger partial charge in [0, 0.05) is 18.7 Å². The van der Waals surface area contributed by atoms with Gasteiger partial charge in [-0.25, -0.2) is 4.98 Å². The van der Waals surface area contributed by atoms with Crippen molar-refractivity contribution < 1.29 is 19.4 Å². The van der Waals surface area contributed by atoms with E-state index in [0.717, 1.165) is 19.3 Å². The monoisotopic (exact) mass is 290 g/mol. The molecule has 0 bridgehead atoms. The van der Waals surface area contributed by atoms with Crippen LogP contribution in [-0.4, -0.2) is 46.6 Å². The molecule has 0 radical (unpaired) electrons. The minimum Gasteiger partial charge on any atom is -0.493 e. The number of hydrogen-bond acceptors (Lipinski definition) is 5. The Balaban J connectivity index is 1.89. The number of piperidine rings is 1. The normalized spacial score (nSPS) is 24.8. The highest BCUT2D eigenvalue weighted by molar-refractivity contribution is 5.96. The van der Waals surface area contributed by atoms with Crippen LogP contribution < -0.4 is 0 Å². The average Bonchev–Trinajstić information content (AvgIpc) is 2.63. The second-order valence-corrected chi connectivity index (χ2v) is 5.61. The molecule has 1 aromatic rings. The Hall–Kier alpha value is -2.11. The smallest absolute Gasteiger partial charge is 0.310 e. The van der Waals surface area contributed by atoms with E-state index >= 15 is 0 Å². The lowest BCUT2D eigenvalue weighted by Crippen LogP contribution is -2.48. The van der Waals surface area contributed by atoms with E-state index in [0.29, 0.717) is 24.2 Å². The minimum atomic E-state index is -0.255. The van der Waals surface area contributed by atoms with Crippen LogP contribution in [0.25, 0.3) is 0 Å².